The summed E-state index contributed by atoms with van der Waals surface area (Å²) in [5, 5.41) is 4.24. The van der Waals surface area contributed by atoms with Gasteiger partial charge in [-0.05, 0) is 47.4 Å². The first kappa shape index (κ1) is 18.6. The van der Waals surface area contributed by atoms with E-state index in [9.17, 15) is 4.39 Å². The van der Waals surface area contributed by atoms with Crippen molar-refractivity contribution in [2.45, 2.75) is 13.3 Å². The van der Waals surface area contributed by atoms with Crippen LogP contribution in [-0.4, -0.2) is 18.9 Å². The zero-order valence-corrected chi connectivity index (χ0v) is 15.3. The van der Waals surface area contributed by atoms with Gasteiger partial charge in [-0.1, -0.05) is 66.7 Å². The summed E-state index contributed by atoms with van der Waals surface area (Å²) >= 11 is 0. The lowest BCUT2D eigenvalue weighted by atomic mass is 10.0. The molecule has 0 heterocycles. The second-order valence-corrected chi connectivity index (χ2v) is 5.97. The summed E-state index contributed by atoms with van der Waals surface area (Å²) < 4.78 is 19.0. The molecule has 0 amide bonds. The molecule has 0 aliphatic rings. The van der Waals surface area contributed by atoms with Crippen LogP contribution in [0.1, 0.15) is 18.9 Å². The molecule has 0 bridgehead atoms. The van der Waals surface area contributed by atoms with Gasteiger partial charge < -0.3 is 9.57 Å². The van der Waals surface area contributed by atoms with E-state index in [-0.39, 0.29) is 5.82 Å². The minimum atomic E-state index is -0.237. The number of nitrogens with zero attached hydrogens (tertiary/aromatic N) is 1. The van der Waals surface area contributed by atoms with Gasteiger partial charge >= 0.3 is 0 Å². The Morgan fingerprint density at radius 2 is 1.63 bits per heavy atom. The number of ether oxygens (including phenoxy) is 1. The van der Waals surface area contributed by atoms with Crippen LogP contribution < -0.4 is 4.74 Å². The molecule has 0 aliphatic heterocycles. The first-order chi connectivity index (χ1) is 13.3. The maximum absolute atomic E-state index is 13.4. The molecule has 0 saturated carbocycles. The van der Waals surface area contributed by atoms with Crippen LogP contribution in [0.4, 0.5) is 4.39 Å². The summed E-state index contributed by atoms with van der Waals surface area (Å²) in [6, 6.07) is 24.1. The highest BCUT2D eigenvalue weighted by Gasteiger charge is 2.04. The molecule has 0 aromatic heterocycles. The van der Waals surface area contributed by atoms with Crippen molar-refractivity contribution in [2.24, 2.45) is 5.16 Å². The van der Waals surface area contributed by atoms with Gasteiger partial charge in [-0.25, -0.2) is 4.39 Å². The molecule has 4 heteroatoms. The summed E-state index contributed by atoms with van der Waals surface area (Å²) in [7, 11) is 0. The van der Waals surface area contributed by atoms with E-state index in [1.807, 2.05) is 67.6 Å². The van der Waals surface area contributed by atoms with Crippen LogP contribution in [0.3, 0.4) is 0 Å². The minimum Gasteiger partial charge on any atom is -0.490 e. The van der Waals surface area contributed by atoms with Crippen molar-refractivity contribution in [1.82, 2.24) is 0 Å². The van der Waals surface area contributed by atoms with Crippen molar-refractivity contribution in [3.8, 4) is 16.9 Å². The van der Waals surface area contributed by atoms with E-state index in [1.54, 1.807) is 6.07 Å². The molecule has 3 aromatic carbocycles. The highest BCUT2D eigenvalue weighted by molar-refractivity contribution is 6.00. The van der Waals surface area contributed by atoms with Gasteiger partial charge in [0.15, 0.2) is 6.61 Å². The molecule has 0 radical (unpaired) electrons. The second kappa shape index (κ2) is 9.53. The molecular formula is C23H22FNO2. The Hall–Kier alpha value is -3.14. The van der Waals surface area contributed by atoms with Crippen LogP contribution in [-0.2, 0) is 4.84 Å². The average molecular weight is 363 g/mol. The third-order valence-corrected chi connectivity index (χ3v) is 4.07. The van der Waals surface area contributed by atoms with Gasteiger partial charge in [0.1, 0.15) is 18.2 Å². The lowest BCUT2D eigenvalue weighted by Crippen LogP contribution is -2.06. The highest BCUT2D eigenvalue weighted by Crippen LogP contribution is 2.21. The van der Waals surface area contributed by atoms with E-state index in [0.29, 0.717) is 13.2 Å². The van der Waals surface area contributed by atoms with Crippen LogP contribution in [0.25, 0.3) is 11.1 Å². The van der Waals surface area contributed by atoms with E-state index in [1.165, 1.54) is 12.1 Å². The standard InChI is InChI=1S/C23H22FNO2/c1-2-23(25-27-16-15-26-22-9-4-3-5-10-22)19-13-11-18(12-14-19)20-7-6-8-21(24)17-20/h3-14,17H,2,15-16H2,1H3. The predicted octanol–water partition coefficient (Wildman–Crippen LogP) is 5.70. The van der Waals surface area contributed by atoms with E-state index in [2.05, 4.69) is 5.16 Å². The van der Waals surface area contributed by atoms with Crippen molar-refractivity contribution in [3.05, 3.63) is 90.2 Å². The van der Waals surface area contributed by atoms with Gasteiger partial charge in [-0.2, -0.15) is 0 Å². The SMILES string of the molecule is CCC(=NOCCOc1ccccc1)c1ccc(-c2cccc(F)c2)cc1. The summed E-state index contributed by atoms with van der Waals surface area (Å²) in [6.45, 7) is 2.84. The Morgan fingerprint density at radius 1 is 0.852 bits per heavy atom. The Bertz CT molecular complexity index is 876. The number of para-hydroxylation sites is 1. The third-order valence-electron chi connectivity index (χ3n) is 4.07. The molecule has 3 aromatic rings. The second-order valence-electron chi connectivity index (χ2n) is 5.97. The largest absolute Gasteiger partial charge is 0.490 e. The zero-order valence-electron chi connectivity index (χ0n) is 15.3. The van der Waals surface area contributed by atoms with E-state index in [4.69, 9.17) is 9.57 Å². The molecule has 0 aliphatic carbocycles. The van der Waals surface area contributed by atoms with Crippen molar-refractivity contribution in [1.29, 1.82) is 0 Å². The lowest BCUT2D eigenvalue weighted by Gasteiger charge is -2.08. The summed E-state index contributed by atoms with van der Waals surface area (Å²) in [5.74, 6) is 0.576. The molecule has 27 heavy (non-hydrogen) atoms. The van der Waals surface area contributed by atoms with Crippen molar-refractivity contribution < 1.29 is 14.0 Å². The fourth-order valence-corrected chi connectivity index (χ4v) is 2.68. The monoisotopic (exact) mass is 363 g/mol. The first-order valence-electron chi connectivity index (χ1n) is 8.99. The molecule has 138 valence electrons. The first-order valence-corrected chi connectivity index (χ1v) is 8.99. The fraction of sp³-hybridized carbons (Fsp3) is 0.174. The van der Waals surface area contributed by atoms with E-state index < -0.39 is 0 Å². The van der Waals surface area contributed by atoms with Crippen LogP contribution in [0.5, 0.6) is 5.75 Å². The molecule has 3 rings (SSSR count). The van der Waals surface area contributed by atoms with Gasteiger partial charge in [-0.15, -0.1) is 0 Å². The quantitative estimate of drug-likeness (QED) is 0.292. The number of hydrogen-bond acceptors (Lipinski definition) is 3. The predicted molar refractivity (Wildman–Crippen MR) is 107 cm³/mol. The third kappa shape index (κ3) is 5.42. The van der Waals surface area contributed by atoms with Crippen LogP contribution in [0.2, 0.25) is 0 Å². The summed E-state index contributed by atoms with van der Waals surface area (Å²) in [6.07, 6.45) is 0.749. The van der Waals surface area contributed by atoms with Crippen molar-refractivity contribution in [3.63, 3.8) is 0 Å². The maximum Gasteiger partial charge on any atom is 0.151 e. The van der Waals surface area contributed by atoms with Gasteiger partial charge in [0, 0.05) is 0 Å². The smallest absolute Gasteiger partial charge is 0.151 e. The maximum atomic E-state index is 13.4. The number of oxime groups is 1. The van der Waals surface area contributed by atoms with Crippen molar-refractivity contribution in [2.75, 3.05) is 13.2 Å². The van der Waals surface area contributed by atoms with Gasteiger partial charge in [-0.3, -0.25) is 0 Å². The molecule has 0 fully saturated rings. The molecule has 0 atom stereocenters. The van der Waals surface area contributed by atoms with Crippen LogP contribution in [0.15, 0.2) is 84.0 Å². The fourth-order valence-electron chi connectivity index (χ4n) is 2.68. The van der Waals surface area contributed by atoms with E-state index in [0.717, 1.165) is 34.6 Å². The topological polar surface area (TPSA) is 30.8 Å². The molecule has 0 saturated heterocycles. The van der Waals surface area contributed by atoms with Crippen LogP contribution >= 0.6 is 0 Å². The summed E-state index contributed by atoms with van der Waals surface area (Å²) in [4.78, 5) is 5.41. The number of benzene rings is 3. The minimum absolute atomic E-state index is 0.237. The summed E-state index contributed by atoms with van der Waals surface area (Å²) in [5.41, 5.74) is 3.67. The average Bonchev–Trinajstić information content (AvgIpc) is 2.72. The Labute approximate surface area is 159 Å². The number of halogens is 1. The van der Waals surface area contributed by atoms with Gasteiger partial charge in [0.05, 0.1) is 5.71 Å². The number of hydrogen-bond donors (Lipinski definition) is 0. The molecular weight excluding hydrogens is 341 g/mol. The van der Waals surface area contributed by atoms with E-state index >= 15 is 0 Å². The lowest BCUT2D eigenvalue weighted by molar-refractivity contribution is 0.107. The number of rotatable bonds is 8. The Balaban J connectivity index is 1.57. The van der Waals surface area contributed by atoms with Crippen LogP contribution in [0, 0.1) is 5.82 Å². The molecule has 0 unspecified atom stereocenters. The zero-order chi connectivity index (χ0) is 18.9. The molecule has 0 N–H and O–H groups in total. The Morgan fingerprint density at radius 3 is 2.33 bits per heavy atom. The molecule has 0 spiro atoms. The van der Waals surface area contributed by atoms with Gasteiger partial charge in [0.2, 0.25) is 0 Å². The van der Waals surface area contributed by atoms with Gasteiger partial charge in [0.25, 0.3) is 0 Å². The molecule has 3 nitrogen and oxygen atoms in total. The van der Waals surface area contributed by atoms with Crippen molar-refractivity contribution >= 4 is 5.71 Å². The highest BCUT2D eigenvalue weighted by atomic mass is 19.1. The normalized spacial score (nSPS) is 11.3. The Kier molecular flexibility index (Phi) is 6.58.